The summed E-state index contributed by atoms with van der Waals surface area (Å²) in [5.41, 5.74) is 7.06. The van der Waals surface area contributed by atoms with Crippen molar-refractivity contribution >= 4 is 11.7 Å². The second-order valence-corrected chi connectivity index (χ2v) is 5.88. The van der Waals surface area contributed by atoms with Crippen LogP contribution in [0, 0.1) is 5.92 Å². The minimum absolute atomic E-state index is 0.0685. The van der Waals surface area contributed by atoms with Gasteiger partial charge in [-0.3, -0.25) is 4.79 Å². The maximum absolute atomic E-state index is 12.2. The molecule has 0 bridgehead atoms. The van der Waals surface area contributed by atoms with Gasteiger partial charge < -0.3 is 10.5 Å². The van der Waals surface area contributed by atoms with Gasteiger partial charge in [-0.25, -0.2) is 0 Å². The van der Waals surface area contributed by atoms with Crippen LogP contribution in [0.3, 0.4) is 0 Å². The van der Waals surface area contributed by atoms with E-state index >= 15 is 0 Å². The molecule has 1 aliphatic rings. The molecule has 0 aromatic heterocycles. The van der Waals surface area contributed by atoms with E-state index in [0.29, 0.717) is 12.5 Å². The van der Waals surface area contributed by atoms with Crippen molar-refractivity contribution in [1.29, 1.82) is 0 Å². The van der Waals surface area contributed by atoms with Crippen LogP contribution < -0.4 is 5.73 Å². The van der Waals surface area contributed by atoms with E-state index in [9.17, 15) is 4.79 Å². The van der Waals surface area contributed by atoms with Gasteiger partial charge in [-0.1, -0.05) is 26.0 Å². The molecule has 2 N–H and O–H groups in total. The number of rotatable bonds is 6. The van der Waals surface area contributed by atoms with E-state index in [0.717, 1.165) is 36.9 Å². The Labute approximate surface area is 115 Å². The Kier molecular flexibility index (Phi) is 4.13. The summed E-state index contributed by atoms with van der Waals surface area (Å²) in [6.07, 6.45) is 3.82. The molecule has 3 heteroatoms. The van der Waals surface area contributed by atoms with E-state index in [1.165, 1.54) is 0 Å². The van der Waals surface area contributed by atoms with Crippen molar-refractivity contribution in [2.24, 2.45) is 5.92 Å². The summed E-state index contributed by atoms with van der Waals surface area (Å²) < 4.78 is 5.43. The van der Waals surface area contributed by atoms with Crippen molar-refractivity contribution in [3.63, 3.8) is 0 Å². The zero-order chi connectivity index (χ0) is 13.9. The van der Waals surface area contributed by atoms with Crippen LogP contribution in [0.25, 0.3) is 0 Å². The molecule has 0 saturated heterocycles. The number of hydrogen-bond donors (Lipinski definition) is 1. The standard InChI is InChI=1S/C16H23NO2/c1-12(2)4-3-11-19-15(18)16(9-10-16)13-5-7-14(17)8-6-13/h5-8,12H,3-4,9-11,17H2,1-2H3. The number of hydrogen-bond acceptors (Lipinski definition) is 3. The lowest BCUT2D eigenvalue weighted by molar-refractivity contribution is -0.147. The van der Waals surface area contributed by atoms with Crippen molar-refractivity contribution in [2.45, 2.75) is 44.9 Å². The van der Waals surface area contributed by atoms with E-state index in [-0.39, 0.29) is 11.4 Å². The van der Waals surface area contributed by atoms with Gasteiger partial charge in [0, 0.05) is 5.69 Å². The Balaban J connectivity index is 1.89. The second kappa shape index (κ2) is 5.64. The maximum Gasteiger partial charge on any atom is 0.316 e. The third-order valence-electron chi connectivity index (χ3n) is 3.76. The number of benzene rings is 1. The summed E-state index contributed by atoms with van der Waals surface area (Å²) in [6.45, 7) is 4.89. The predicted octanol–water partition coefficient (Wildman–Crippen LogP) is 3.28. The molecule has 2 rings (SSSR count). The van der Waals surface area contributed by atoms with Gasteiger partial charge in [0.05, 0.1) is 12.0 Å². The highest BCUT2D eigenvalue weighted by Crippen LogP contribution is 2.49. The molecule has 0 spiro atoms. The van der Waals surface area contributed by atoms with Crippen molar-refractivity contribution < 1.29 is 9.53 Å². The first-order valence-electron chi connectivity index (χ1n) is 7.08. The number of carbonyl (C=O) groups excluding carboxylic acids is 1. The number of nitrogens with two attached hydrogens (primary N) is 1. The third kappa shape index (κ3) is 3.28. The summed E-state index contributed by atoms with van der Waals surface area (Å²) in [5, 5.41) is 0. The smallest absolute Gasteiger partial charge is 0.316 e. The molecular weight excluding hydrogens is 238 g/mol. The predicted molar refractivity (Wildman–Crippen MR) is 76.8 cm³/mol. The van der Waals surface area contributed by atoms with Gasteiger partial charge in [0.1, 0.15) is 0 Å². The fourth-order valence-electron chi connectivity index (χ4n) is 2.33. The molecule has 0 aliphatic heterocycles. The first kappa shape index (κ1) is 13.9. The fraction of sp³-hybridized carbons (Fsp3) is 0.562. The summed E-state index contributed by atoms with van der Waals surface area (Å²) in [4.78, 5) is 12.2. The second-order valence-electron chi connectivity index (χ2n) is 5.88. The average Bonchev–Trinajstić information content (AvgIpc) is 3.16. The Morgan fingerprint density at radius 1 is 1.32 bits per heavy atom. The number of esters is 1. The molecule has 0 unspecified atom stereocenters. The van der Waals surface area contributed by atoms with Gasteiger partial charge in [0.25, 0.3) is 0 Å². The molecular formula is C16H23NO2. The lowest BCUT2D eigenvalue weighted by Crippen LogP contribution is -2.23. The molecule has 0 amide bonds. The van der Waals surface area contributed by atoms with Gasteiger partial charge >= 0.3 is 5.97 Å². The summed E-state index contributed by atoms with van der Waals surface area (Å²) in [6, 6.07) is 7.58. The first-order chi connectivity index (χ1) is 9.04. The number of anilines is 1. The van der Waals surface area contributed by atoms with E-state index in [4.69, 9.17) is 10.5 Å². The van der Waals surface area contributed by atoms with Gasteiger partial charge in [-0.05, 0) is 49.3 Å². The molecule has 1 saturated carbocycles. The van der Waals surface area contributed by atoms with Gasteiger partial charge in [0.2, 0.25) is 0 Å². The molecule has 0 radical (unpaired) electrons. The van der Waals surface area contributed by atoms with E-state index in [1.54, 1.807) is 0 Å². The molecule has 1 aliphatic carbocycles. The molecule has 19 heavy (non-hydrogen) atoms. The normalized spacial score (nSPS) is 16.4. The summed E-state index contributed by atoms with van der Waals surface area (Å²) >= 11 is 0. The van der Waals surface area contributed by atoms with Crippen molar-refractivity contribution in [2.75, 3.05) is 12.3 Å². The Morgan fingerprint density at radius 2 is 1.95 bits per heavy atom. The van der Waals surface area contributed by atoms with Crippen LogP contribution >= 0.6 is 0 Å². The molecule has 104 valence electrons. The highest BCUT2D eigenvalue weighted by molar-refractivity contribution is 5.86. The Morgan fingerprint density at radius 3 is 2.47 bits per heavy atom. The third-order valence-corrected chi connectivity index (χ3v) is 3.76. The molecule has 0 heterocycles. The minimum Gasteiger partial charge on any atom is -0.465 e. The largest absolute Gasteiger partial charge is 0.465 e. The lowest BCUT2D eigenvalue weighted by atomic mass is 9.96. The number of ether oxygens (including phenoxy) is 1. The Hall–Kier alpha value is -1.51. The molecule has 0 atom stereocenters. The Bertz CT molecular complexity index is 433. The van der Waals surface area contributed by atoms with Crippen LogP contribution in [0.15, 0.2) is 24.3 Å². The topological polar surface area (TPSA) is 52.3 Å². The van der Waals surface area contributed by atoms with E-state index < -0.39 is 0 Å². The van der Waals surface area contributed by atoms with Gasteiger partial charge in [0.15, 0.2) is 0 Å². The zero-order valence-corrected chi connectivity index (χ0v) is 11.8. The molecule has 3 nitrogen and oxygen atoms in total. The van der Waals surface area contributed by atoms with Gasteiger partial charge in [-0.15, -0.1) is 0 Å². The zero-order valence-electron chi connectivity index (χ0n) is 11.8. The van der Waals surface area contributed by atoms with Gasteiger partial charge in [-0.2, -0.15) is 0 Å². The average molecular weight is 261 g/mol. The van der Waals surface area contributed by atoms with Crippen LogP contribution in [-0.2, 0) is 14.9 Å². The van der Waals surface area contributed by atoms with E-state index in [2.05, 4.69) is 13.8 Å². The van der Waals surface area contributed by atoms with Crippen molar-refractivity contribution in [3.8, 4) is 0 Å². The number of nitrogen functional groups attached to an aromatic ring is 1. The SMILES string of the molecule is CC(C)CCCOC(=O)C1(c2ccc(N)cc2)CC1. The molecule has 1 aromatic rings. The monoisotopic (exact) mass is 261 g/mol. The van der Waals surface area contributed by atoms with Crippen LogP contribution in [0.5, 0.6) is 0 Å². The number of carbonyl (C=O) groups is 1. The quantitative estimate of drug-likeness (QED) is 0.485. The lowest BCUT2D eigenvalue weighted by Gasteiger charge is -2.15. The van der Waals surface area contributed by atoms with E-state index in [1.807, 2.05) is 24.3 Å². The van der Waals surface area contributed by atoms with Crippen molar-refractivity contribution in [3.05, 3.63) is 29.8 Å². The minimum atomic E-state index is -0.383. The summed E-state index contributed by atoms with van der Waals surface area (Å²) in [7, 11) is 0. The van der Waals surface area contributed by atoms with Crippen LogP contribution in [0.2, 0.25) is 0 Å². The van der Waals surface area contributed by atoms with Crippen LogP contribution in [0.4, 0.5) is 5.69 Å². The maximum atomic E-state index is 12.2. The highest BCUT2D eigenvalue weighted by atomic mass is 16.5. The fourth-order valence-corrected chi connectivity index (χ4v) is 2.33. The highest BCUT2D eigenvalue weighted by Gasteiger charge is 2.52. The molecule has 1 fully saturated rings. The first-order valence-corrected chi connectivity index (χ1v) is 7.08. The van der Waals surface area contributed by atoms with Crippen LogP contribution in [0.1, 0.15) is 45.1 Å². The van der Waals surface area contributed by atoms with Crippen LogP contribution in [-0.4, -0.2) is 12.6 Å². The molecule has 1 aromatic carbocycles. The summed E-state index contributed by atoms with van der Waals surface area (Å²) in [5.74, 6) is 0.590. The van der Waals surface area contributed by atoms with Crippen molar-refractivity contribution in [1.82, 2.24) is 0 Å².